The minimum Gasteiger partial charge on any atom is -0.304 e. The van der Waals surface area contributed by atoms with Crippen molar-refractivity contribution in [3.8, 4) is 6.07 Å². The maximum atomic E-state index is 8.52. The molecule has 0 saturated heterocycles. The summed E-state index contributed by atoms with van der Waals surface area (Å²) in [7, 11) is 0. The number of nitriles is 1. The van der Waals surface area contributed by atoms with E-state index in [0.29, 0.717) is 17.7 Å². The predicted octanol–water partition coefficient (Wildman–Crippen LogP) is 1.96. The highest BCUT2D eigenvalue weighted by atomic mass is 14.4. The van der Waals surface area contributed by atoms with E-state index >= 15 is 0 Å². The second-order valence-corrected chi connectivity index (χ2v) is 2.37. The summed E-state index contributed by atoms with van der Waals surface area (Å²) in [6.45, 7) is 3.50. The maximum Gasteiger partial charge on any atom is 0.101 e. The van der Waals surface area contributed by atoms with Gasteiger partial charge in [-0.1, -0.05) is 12.7 Å². The molecule has 1 aliphatic carbocycles. The molecule has 1 rings (SSSR count). The van der Waals surface area contributed by atoms with E-state index in [1.807, 2.05) is 6.07 Å². The number of hydrogen-bond donors (Lipinski definition) is 1. The third-order valence-electron chi connectivity index (χ3n) is 1.64. The van der Waals surface area contributed by atoms with Crippen molar-refractivity contribution in [3.05, 3.63) is 29.5 Å². The quantitative estimate of drug-likeness (QED) is 0.519. The molecule has 0 unspecified atom stereocenters. The van der Waals surface area contributed by atoms with E-state index in [1.54, 1.807) is 6.08 Å². The van der Waals surface area contributed by atoms with E-state index in [2.05, 4.69) is 12.3 Å². The highest BCUT2D eigenvalue weighted by molar-refractivity contribution is 6.03. The first kappa shape index (κ1) is 7.53. The van der Waals surface area contributed by atoms with Crippen molar-refractivity contribution in [2.24, 2.45) is 0 Å². The molecule has 0 bridgehead atoms. The Hall–Kier alpha value is -1.58. The molecule has 0 fully saturated rings. The van der Waals surface area contributed by atoms with Gasteiger partial charge in [-0.3, -0.25) is 0 Å². The van der Waals surface area contributed by atoms with E-state index < -0.39 is 0 Å². The summed E-state index contributed by atoms with van der Waals surface area (Å²) in [6.07, 6.45) is 3.00. The molecule has 0 spiro atoms. The summed E-state index contributed by atoms with van der Waals surface area (Å²) < 4.78 is 0. The number of rotatable bonds is 0. The SMILES string of the molecule is C=C=C1CC=C(C#N)C(=N)C1. The van der Waals surface area contributed by atoms with Gasteiger partial charge in [-0.05, 0) is 12.0 Å². The lowest BCUT2D eigenvalue weighted by molar-refractivity contribution is 1.10. The molecule has 2 nitrogen and oxygen atoms in total. The van der Waals surface area contributed by atoms with Crippen LogP contribution in [-0.4, -0.2) is 5.71 Å². The zero-order chi connectivity index (χ0) is 8.27. The van der Waals surface area contributed by atoms with Crippen molar-refractivity contribution in [1.82, 2.24) is 0 Å². The second kappa shape index (κ2) is 3.01. The molecule has 1 N–H and O–H groups in total. The van der Waals surface area contributed by atoms with E-state index in [4.69, 9.17) is 10.7 Å². The topological polar surface area (TPSA) is 47.6 Å². The highest BCUT2D eigenvalue weighted by Gasteiger charge is 2.11. The van der Waals surface area contributed by atoms with Gasteiger partial charge >= 0.3 is 0 Å². The van der Waals surface area contributed by atoms with Gasteiger partial charge in [0.25, 0.3) is 0 Å². The van der Waals surface area contributed by atoms with Crippen LogP contribution in [0.3, 0.4) is 0 Å². The van der Waals surface area contributed by atoms with Crippen molar-refractivity contribution in [1.29, 1.82) is 10.7 Å². The number of nitrogens with one attached hydrogen (secondary N) is 1. The average molecular weight is 144 g/mol. The molecule has 54 valence electrons. The van der Waals surface area contributed by atoms with Gasteiger partial charge in [0.2, 0.25) is 0 Å². The number of hydrogen-bond acceptors (Lipinski definition) is 2. The molecule has 0 aromatic rings. The number of allylic oxidation sites excluding steroid dienone is 3. The molecule has 0 aromatic heterocycles. The van der Waals surface area contributed by atoms with Crippen molar-refractivity contribution in [3.63, 3.8) is 0 Å². The lowest BCUT2D eigenvalue weighted by Gasteiger charge is -2.09. The van der Waals surface area contributed by atoms with E-state index in [0.717, 1.165) is 12.0 Å². The average Bonchev–Trinajstić information content (AvgIpc) is 2.04. The minimum atomic E-state index is 0.380. The van der Waals surface area contributed by atoms with Crippen molar-refractivity contribution in [2.75, 3.05) is 0 Å². The molecule has 0 atom stereocenters. The van der Waals surface area contributed by atoms with E-state index in [-0.39, 0.29) is 0 Å². The van der Waals surface area contributed by atoms with Crippen LogP contribution in [0.1, 0.15) is 12.8 Å². The lowest BCUT2D eigenvalue weighted by atomic mass is 9.94. The van der Waals surface area contributed by atoms with E-state index in [9.17, 15) is 0 Å². The van der Waals surface area contributed by atoms with Gasteiger partial charge in [-0.25, -0.2) is 0 Å². The van der Waals surface area contributed by atoms with Crippen LogP contribution in [0.2, 0.25) is 0 Å². The van der Waals surface area contributed by atoms with Crippen LogP contribution in [-0.2, 0) is 0 Å². The first-order chi connectivity index (χ1) is 5.27. The maximum absolute atomic E-state index is 8.52. The normalized spacial score (nSPS) is 16.8. The van der Waals surface area contributed by atoms with Crippen molar-refractivity contribution in [2.45, 2.75) is 12.8 Å². The third kappa shape index (κ3) is 1.46. The summed E-state index contributed by atoms with van der Waals surface area (Å²) in [5.74, 6) is 0. The van der Waals surface area contributed by atoms with Gasteiger partial charge in [-0.15, -0.1) is 5.73 Å². The largest absolute Gasteiger partial charge is 0.304 e. The molecule has 0 heterocycles. The summed E-state index contributed by atoms with van der Waals surface area (Å²) >= 11 is 0. The molecule has 0 aromatic carbocycles. The van der Waals surface area contributed by atoms with Crippen LogP contribution < -0.4 is 0 Å². The smallest absolute Gasteiger partial charge is 0.101 e. The summed E-state index contributed by atoms with van der Waals surface area (Å²) in [4.78, 5) is 0. The molecule has 0 radical (unpaired) electrons. The Morgan fingerprint density at radius 1 is 1.64 bits per heavy atom. The van der Waals surface area contributed by atoms with Crippen molar-refractivity contribution < 1.29 is 0 Å². The lowest BCUT2D eigenvalue weighted by Crippen LogP contribution is -2.06. The molecule has 11 heavy (non-hydrogen) atoms. The summed E-state index contributed by atoms with van der Waals surface area (Å²) in [5.41, 5.74) is 4.61. The Morgan fingerprint density at radius 3 is 2.82 bits per heavy atom. The van der Waals surface area contributed by atoms with Crippen LogP contribution >= 0.6 is 0 Å². The summed E-state index contributed by atoms with van der Waals surface area (Å²) in [5, 5.41) is 15.9. The molecule has 1 aliphatic rings. The Kier molecular flexibility index (Phi) is 2.06. The third-order valence-corrected chi connectivity index (χ3v) is 1.64. The molecular weight excluding hydrogens is 136 g/mol. The molecule has 0 saturated carbocycles. The molecule has 0 aliphatic heterocycles. The second-order valence-electron chi connectivity index (χ2n) is 2.37. The Balaban J connectivity index is 2.95. The monoisotopic (exact) mass is 144 g/mol. The number of nitrogens with zero attached hydrogens (tertiary/aromatic N) is 1. The Bertz CT molecular complexity index is 309. The first-order valence-corrected chi connectivity index (χ1v) is 3.33. The molecule has 0 amide bonds. The van der Waals surface area contributed by atoms with Crippen LogP contribution in [0.15, 0.2) is 29.5 Å². The fraction of sp³-hybridized carbons (Fsp3) is 0.222. The van der Waals surface area contributed by atoms with Crippen LogP contribution in [0.5, 0.6) is 0 Å². The van der Waals surface area contributed by atoms with E-state index in [1.165, 1.54) is 0 Å². The Labute approximate surface area is 65.7 Å². The zero-order valence-electron chi connectivity index (χ0n) is 6.15. The van der Waals surface area contributed by atoms with Crippen LogP contribution in [0.25, 0.3) is 0 Å². The predicted molar refractivity (Wildman–Crippen MR) is 43.3 cm³/mol. The fourth-order valence-corrected chi connectivity index (χ4v) is 0.977. The standard InChI is InChI=1S/C9H8N2/c1-2-7-3-4-8(6-10)9(11)5-7/h4,11H,1,3,5H2. The molecule has 2 heteroatoms. The first-order valence-electron chi connectivity index (χ1n) is 3.33. The Morgan fingerprint density at radius 2 is 2.36 bits per heavy atom. The summed E-state index contributed by atoms with van der Waals surface area (Å²) in [6, 6.07) is 1.97. The van der Waals surface area contributed by atoms with Gasteiger partial charge < -0.3 is 5.41 Å². The minimum absolute atomic E-state index is 0.380. The molecular formula is C9H8N2. The van der Waals surface area contributed by atoms with Gasteiger partial charge in [0.1, 0.15) is 6.07 Å². The van der Waals surface area contributed by atoms with Gasteiger partial charge in [0, 0.05) is 6.42 Å². The van der Waals surface area contributed by atoms with Crippen molar-refractivity contribution >= 4 is 5.71 Å². The highest BCUT2D eigenvalue weighted by Crippen LogP contribution is 2.18. The zero-order valence-corrected chi connectivity index (χ0v) is 6.15. The van der Waals surface area contributed by atoms with Crippen LogP contribution in [0.4, 0.5) is 0 Å². The van der Waals surface area contributed by atoms with Crippen LogP contribution in [0, 0.1) is 16.7 Å². The van der Waals surface area contributed by atoms with Gasteiger partial charge in [-0.2, -0.15) is 5.26 Å². The van der Waals surface area contributed by atoms with Gasteiger partial charge in [0.15, 0.2) is 0 Å². The van der Waals surface area contributed by atoms with Gasteiger partial charge in [0.05, 0.1) is 11.3 Å². The fourth-order valence-electron chi connectivity index (χ4n) is 0.977.